The first-order valence-electron chi connectivity index (χ1n) is 8.77. The van der Waals surface area contributed by atoms with Crippen molar-refractivity contribution in [3.63, 3.8) is 0 Å². The third kappa shape index (κ3) is 3.97. The van der Waals surface area contributed by atoms with Crippen LogP contribution in [0, 0.1) is 18.2 Å². The van der Waals surface area contributed by atoms with Gasteiger partial charge in [-0.15, -0.1) is 12.3 Å². The molecule has 0 bridgehead atoms. The molecule has 0 aliphatic heterocycles. The minimum atomic E-state index is -4.66. The smallest absolute Gasteiger partial charge is 0.356 e. The van der Waals surface area contributed by atoms with Crippen molar-refractivity contribution in [2.75, 3.05) is 0 Å². The fourth-order valence-electron chi connectivity index (χ4n) is 3.54. The number of amides is 1. The van der Waals surface area contributed by atoms with Crippen LogP contribution in [0.25, 0.3) is 0 Å². The summed E-state index contributed by atoms with van der Waals surface area (Å²) in [6, 6.07) is 4.94. The maximum Gasteiger partial charge on any atom is 0.418 e. The average molecular weight is 402 g/mol. The van der Waals surface area contributed by atoms with Gasteiger partial charge in [0.15, 0.2) is 0 Å². The van der Waals surface area contributed by atoms with Gasteiger partial charge in [-0.1, -0.05) is 36.4 Å². The predicted octanol–water partition coefficient (Wildman–Crippen LogP) is 4.37. The van der Waals surface area contributed by atoms with Crippen LogP contribution in [-0.4, -0.2) is 16.5 Å². The number of terminal acetylenes is 1. The lowest BCUT2D eigenvalue weighted by atomic mass is 9.69. The second kappa shape index (κ2) is 7.63. The molecule has 3 rings (SSSR count). The Bertz CT molecular complexity index is 1010. The van der Waals surface area contributed by atoms with E-state index in [9.17, 15) is 22.4 Å². The summed E-state index contributed by atoms with van der Waals surface area (Å²) in [6.45, 7) is 0. The summed E-state index contributed by atoms with van der Waals surface area (Å²) < 4.78 is 54.5. The molecule has 29 heavy (non-hydrogen) atoms. The van der Waals surface area contributed by atoms with Crippen LogP contribution in [0.4, 0.5) is 17.6 Å². The van der Waals surface area contributed by atoms with Crippen molar-refractivity contribution in [2.24, 2.45) is 7.05 Å². The third-order valence-corrected chi connectivity index (χ3v) is 4.93. The summed E-state index contributed by atoms with van der Waals surface area (Å²) in [5.74, 6) is 1.26. The van der Waals surface area contributed by atoms with E-state index in [1.807, 2.05) is 0 Å². The average Bonchev–Trinajstić information content (AvgIpc) is 3.06. The summed E-state index contributed by atoms with van der Waals surface area (Å²) in [5.41, 5.74) is -1.76. The van der Waals surface area contributed by atoms with E-state index in [1.165, 1.54) is 23.7 Å². The molecule has 0 fully saturated rings. The zero-order valence-corrected chi connectivity index (χ0v) is 15.5. The molecule has 1 amide bonds. The Morgan fingerprint density at radius 2 is 1.93 bits per heavy atom. The molecule has 0 saturated carbocycles. The molecule has 1 aromatic carbocycles. The summed E-state index contributed by atoms with van der Waals surface area (Å²) >= 11 is 0. The van der Waals surface area contributed by atoms with Crippen molar-refractivity contribution in [3.8, 4) is 12.3 Å². The third-order valence-electron chi connectivity index (χ3n) is 4.93. The number of alkyl halides is 3. The molecule has 0 spiro atoms. The number of nitrogens with one attached hydrogen (secondary N) is 1. The minimum absolute atomic E-state index is 0.158. The largest absolute Gasteiger partial charge is 0.418 e. The summed E-state index contributed by atoms with van der Waals surface area (Å²) in [7, 11) is 1.41. The van der Waals surface area contributed by atoms with Gasteiger partial charge in [0.25, 0.3) is 5.91 Å². The van der Waals surface area contributed by atoms with Gasteiger partial charge in [-0.2, -0.15) is 13.2 Å². The van der Waals surface area contributed by atoms with Gasteiger partial charge in [0.2, 0.25) is 0 Å². The quantitative estimate of drug-likeness (QED) is 0.598. The number of aromatic nitrogens is 1. The molecular weight excluding hydrogens is 384 g/mol. The molecule has 0 radical (unpaired) electrons. The number of halogens is 4. The lowest BCUT2D eigenvalue weighted by Crippen LogP contribution is -2.49. The highest BCUT2D eigenvalue weighted by Crippen LogP contribution is 2.37. The fourth-order valence-corrected chi connectivity index (χ4v) is 3.54. The monoisotopic (exact) mass is 402 g/mol. The van der Waals surface area contributed by atoms with Crippen molar-refractivity contribution < 1.29 is 22.4 Å². The molecule has 1 heterocycles. The Labute approximate surface area is 165 Å². The highest BCUT2D eigenvalue weighted by molar-refractivity contribution is 5.96. The predicted molar refractivity (Wildman–Crippen MR) is 101 cm³/mol. The topological polar surface area (TPSA) is 34.0 Å². The second-order valence-corrected chi connectivity index (χ2v) is 6.87. The number of rotatable bonds is 4. The van der Waals surface area contributed by atoms with Crippen LogP contribution in [0.1, 0.15) is 27.9 Å². The molecule has 1 aliphatic rings. The Kier molecular flexibility index (Phi) is 5.38. The van der Waals surface area contributed by atoms with Crippen molar-refractivity contribution in [2.45, 2.75) is 24.1 Å². The molecule has 2 unspecified atom stereocenters. The van der Waals surface area contributed by atoms with E-state index >= 15 is 0 Å². The number of carbonyl (C=O) groups excluding carboxylic acids is 1. The van der Waals surface area contributed by atoms with Crippen LogP contribution in [-0.2, 0) is 18.6 Å². The molecule has 1 aromatic heterocycles. The van der Waals surface area contributed by atoms with Crippen LogP contribution in [0.15, 0.2) is 61.0 Å². The fraction of sp³-hybridized carbons (Fsp3) is 0.227. The van der Waals surface area contributed by atoms with Crippen LogP contribution in [0.2, 0.25) is 0 Å². The summed E-state index contributed by atoms with van der Waals surface area (Å²) in [5, 5.41) is 2.67. The van der Waals surface area contributed by atoms with Gasteiger partial charge in [0.05, 0.1) is 17.2 Å². The zero-order chi connectivity index (χ0) is 21.2. The number of allylic oxidation sites excluding steroid dienone is 2. The van der Waals surface area contributed by atoms with Gasteiger partial charge in [-0.05, 0) is 17.7 Å². The van der Waals surface area contributed by atoms with E-state index in [-0.39, 0.29) is 6.42 Å². The SMILES string of the molecule is C#CCC1(c2ccc(F)cc2)C=CC=CC1NC(=O)c1cn(C)cc1C(F)(F)F. The lowest BCUT2D eigenvalue weighted by molar-refractivity contribution is -0.137. The van der Waals surface area contributed by atoms with Gasteiger partial charge in [0, 0.05) is 31.3 Å². The van der Waals surface area contributed by atoms with Crippen molar-refractivity contribution in [3.05, 3.63) is 83.5 Å². The highest BCUT2D eigenvalue weighted by Gasteiger charge is 2.41. The van der Waals surface area contributed by atoms with E-state index in [1.54, 1.807) is 36.4 Å². The number of nitrogens with zero attached hydrogens (tertiary/aromatic N) is 1. The first-order valence-corrected chi connectivity index (χ1v) is 8.77. The number of hydrogen-bond donors (Lipinski definition) is 1. The molecule has 7 heteroatoms. The second-order valence-electron chi connectivity index (χ2n) is 6.87. The van der Waals surface area contributed by atoms with Crippen molar-refractivity contribution in [1.29, 1.82) is 0 Å². The van der Waals surface area contributed by atoms with Gasteiger partial charge in [-0.25, -0.2) is 4.39 Å². The van der Waals surface area contributed by atoms with Crippen LogP contribution < -0.4 is 5.32 Å². The molecule has 2 aromatic rings. The van der Waals surface area contributed by atoms with Gasteiger partial charge in [0.1, 0.15) is 5.82 Å². The lowest BCUT2D eigenvalue weighted by Gasteiger charge is -2.38. The maximum absolute atomic E-state index is 13.4. The highest BCUT2D eigenvalue weighted by atomic mass is 19.4. The van der Waals surface area contributed by atoms with Gasteiger partial charge < -0.3 is 9.88 Å². The number of aryl methyl sites for hydroxylation is 1. The van der Waals surface area contributed by atoms with E-state index in [0.29, 0.717) is 5.56 Å². The van der Waals surface area contributed by atoms with Crippen LogP contribution >= 0.6 is 0 Å². The Hall–Kier alpha value is -3.27. The van der Waals surface area contributed by atoms with Crippen molar-refractivity contribution >= 4 is 5.91 Å². The molecule has 1 aliphatic carbocycles. The minimum Gasteiger partial charge on any atom is -0.356 e. The Morgan fingerprint density at radius 1 is 1.24 bits per heavy atom. The van der Waals surface area contributed by atoms with Crippen LogP contribution in [0.5, 0.6) is 0 Å². The maximum atomic E-state index is 13.4. The van der Waals surface area contributed by atoms with Crippen molar-refractivity contribution in [1.82, 2.24) is 9.88 Å². The Balaban J connectivity index is 1.99. The molecule has 150 valence electrons. The van der Waals surface area contributed by atoms with E-state index in [2.05, 4.69) is 11.2 Å². The Morgan fingerprint density at radius 3 is 2.55 bits per heavy atom. The van der Waals surface area contributed by atoms with Gasteiger partial charge in [-0.3, -0.25) is 4.79 Å². The zero-order valence-electron chi connectivity index (χ0n) is 15.5. The molecule has 2 atom stereocenters. The summed E-state index contributed by atoms with van der Waals surface area (Å²) in [4.78, 5) is 12.8. The molecule has 1 N–H and O–H groups in total. The van der Waals surface area contributed by atoms with E-state index in [0.717, 1.165) is 12.4 Å². The number of benzene rings is 1. The standard InChI is InChI=1S/C22H18F4N2O/c1-3-11-21(15-7-9-16(23)10-8-15)12-5-4-6-19(21)27-20(29)17-13-28(2)14-18(17)22(24,25)26/h1,4-10,12-14,19H,11H2,2H3,(H,27,29). The summed E-state index contributed by atoms with van der Waals surface area (Å²) in [6.07, 6.45) is 9.90. The van der Waals surface area contributed by atoms with Gasteiger partial charge >= 0.3 is 6.18 Å². The molecule has 3 nitrogen and oxygen atoms in total. The van der Waals surface area contributed by atoms with E-state index < -0.39 is 40.5 Å². The molecular formula is C22H18F4N2O. The normalized spacial score (nSPS) is 21.0. The van der Waals surface area contributed by atoms with E-state index in [4.69, 9.17) is 6.42 Å². The number of carbonyl (C=O) groups is 1. The van der Waals surface area contributed by atoms with Crippen LogP contribution in [0.3, 0.4) is 0 Å². The molecule has 0 saturated heterocycles. The first kappa shape index (κ1) is 20.5. The number of hydrogen-bond acceptors (Lipinski definition) is 1. The first-order chi connectivity index (χ1) is 13.7.